The summed E-state index contributed by atoms with van der Waals surface area (Å²) in [6.07, 6.45) is 9.40. The third-order valence-electron chi connectivity index (χ3n) is 14.1. The van der Waals surface area contributed by atoms with Crippen LogP contribution in [-0.4, -0.2) is 135 Å². The summed E-state index contributed by atoms with van der Waals surface area (Å²) in [7, 11) is 3.71. The van der Waals surface area contributed by atoms with Gasteiger partial charge in [-0.05, 0) is 143 Å². The van der Waals surface area contributed by atoms with E-state index in [0.29, 0.717) is 79.4 Å². The van der Waals surface area contributed by atoms with E-state index < -0.39 is 32.1 Å². The van der Waals surface area contributed by atoms with Crippen molar-refractivity contribution >= 4 is 64.5 Å². The first-order valence-electron chi connectivity index (χ1n) is 25.9. The zero-order chi connectivity index (χ0) is 57.1. The van der Waals surface area contributed by atoms with E-state index in [1.807, 2.05) is 147 Å². The number of nitrogens with zero attached hydrogens (tertiary/aromatic N) is 10. The van der Waals surface area contributed by atoms with Gasteiger partial charge in [0, 0.05) is 94.5 Å². The molecule has 79 heavy (non-hydrogen) atoms. The van der Waals surface area contributed by atoms with Crippen LogP contribution < -0.4 is 0 Å². The van der Waals surface area contributed by atoms with E-state index in [-0.39, 0.29) is 30.1 Å². The van der Waals surface area contributed by atoms with Crippen LogP contribution in [0.5, 0.6) is 0 Å². The van der Waals surface area contributed by atoms with Crippen LogP contribution in [0.2, 0.25) is 10.0 Å². The molecular formula is C58H66Cl2MnN10O8. The predicted molar refractivity (Wildman–Crippen MR) is 296 cm³/mol. The molecule has 2 aromatic carbocycles. The van der Waals surface area contributed by atoms with Crippen molar-refractivity contribution in [3.63, 3.8) is 0 Å². The van der Waals surface area contributed by atoms with Crippen LogP contribution >= 0.6 is 23.2 Å². The number of ether oxygens (including phenoxy) is 2. The molecule has 4 aromatic heterocycles. The molecule has 2 aliphatic heterocycles. The van der Waals surface area contributed by atoms with Crippen molar-refractivity contribution < 1.29 is 51.5 Å². The number of halogens is 2. The molecule has 2 fully saturated rings. The van der Waals surface area contributed by atoms with Crippen molar-refractivity contribution in [2.75, 3.05) is 52.4 Å². The summed E-state index contributed by atoms with van der Waals surface area (Å²) in [6.45, 7) is 19.7. The number of carbonyl (C=O) groups excluding carboxylic acids is 3. The number of carbonyl (C=O) groups is 3. The number of fused-ring (bicyclic) bond motifs is 4. The molecule has 0 saturated carbocycles. The van der Waals surface area contributed by atoms with Gasteiger partial charge >= 0.3 is 34.7 Å². The summed E-state index contributed by atoms with van der Waals surface area (Å²) in [5, 5.41) is 12.9. The average Bonchev–Trinajstić information content (AvgIpc) is 3.87. The van der Waals surface area contributed by atoms with Gasteiger partial charge < -0.3 is 33.5 Å². The van der Waals surface area contributed by atoms with Gasteiger partial charge in [0.2, 0.25) is 5.78 Å². The molecule has 6 heterocycles. The van der Waals surface area contributed by atoms with Gasteiger partial charge in [-0.1, -0.05) is 47.5 Å². The molecule has 2 aliphatic carbocycles. The van der Waals surface area contributed by atoms with Gasteiger partial charge in [-0.2, -0.15) is 0 Å². The van der Waals surface area contributed by atoms with Gasteiger partial charge in [-0.25, -0.2) is 19.6 Å². The Hall–Kier alpha value is -6.57. The molecule has 2 saturated heterocycles. The van der Waals surface area contributed by atoms with Gasteiger partial charge in [0.15, 0.2) is 0 Å². The van der Waals surface area contributed by atoms with Crippen LogP contribution in [0.15, 0.2) is 85.7 Å². The van der Waals surface area contributed by atoms with Gasteiger partial charge in [0.1, 0.15) is 23.0 Å². The Bertz CT molecular complexity index is 3320. The number of pyridine rings is 2. The number of allylic oxidation sites excluding steroid dienone is 1. The molecule has 21 heteroatoms. The molecule has 3 atom stereocenters. The minimum absolute atomic E-state index is 0.115. The Morgan fingerprint density at radius 1 is 0.633 bits per heavy atom. The summed E-state index contributed by atoms with van der Waals surface area (Å²) in [5.74, 6) is -0.115. The van der Waals surface area contributed by atoms with Crippen LogP contribution in [0.3, 0.4) is 0 Å². The number of aliphatic hydroxyl groups is 1. The Balaban J connectivity index is 0.000000198. The molecule has 4 aliphatic rings. The van der Waals surface area contributed by atoms with Crippen molar-refractivity contribution in [1.82, 2.24) is 48.7 Å². The molecular weight excluding hydrogens is 1090 g/mol. The summed E-state index contributed by atoms with van der Waals surface area (Å²) >= 11 is 11.6. The first kappa shape index (κ1) is 58.6. The summed E-state index contributed by atoms with van der Waals surface area (Å²) in [5.41, 5.74) is 10.2. The maximum absolute atomic E-state index is 14.0. The van der Waals surface area contributed by atoms with Crippen molar-refractivity contribution in [3.05, 3.63) is 163 Å². The second-order valence-electron chi connectivity index (χ2n) is 21.8. The Kier molecular flexibility index (Phi) is 18.1. The van der Waals surface area contributed by atoms with Crippen LogP contribution in [-0.2, 0) is 46.1 Å². The minimum atomic E-state index is -1.44. The molecule has 2 amide bonds. The van der Waals surface area contributed by atoms with Crippen molar-refractivity contribution in [3.8, 4) is 0 Å². The third-order valence-corrected chi connectivity index (χ3v) is 14.5. The molecule has 417 valence electrons. The SMILES string of the molecule is Cc1ncn(C)c1C(=O)C1=Cc2cccnc2[C@@H](N2CCN(C(=O)OC(C)(C)C)CC2)c2ccc(Cl)cc21.Cc1ncn(C)c1C(O)C1=Cc2cccnc2[C@@H](N2CCN(C(=O)OC(C)(C)C)CC2)c2ccc(Cl)cc21.[O]=[Mn]=[O]. The van der Waals surface area contributed by atoms with E-state index in [4.69, 9.17) is 50.3 Å². The molecule has 1 N–H and O–H groups in total. The second-order valence-corrected chi connectivity index (χ2v) is 22.9. The zero-order valence-corrected chi connectivity index (χ0v) is 48.7. The number of aromatic nitrogens is 6. The molecule has 1 unspecified atom stereocenters. The molecule has 0 spiro atoms. The fourth-order valence-corrected chi connectivity index (χ4v) is 10.9. The molecule has 0 radical (unpaired) electrons. The Morgan fingerprint density at radius 2 is 1.08 bits per heavy atom. The normalized spacial score (nSPS) is 17.7. The quantitative estimate of drug-likeness (QED) is 0.122. The van der Waals surface area contributed by atoms with E-state index >= 15 is 0 Å². The van der Waals surface area contributed by atoms with E-state index in [1.165, 1.54) is 0 Å². The maximum atomic E-state index is 14.0. The van der Waals surface area contributed by atoms with Crippen LogP contribution in [0, 0.1) is 13.8 Å². The topological polar surface area (TPSA) is 198 Å². The predicted octanol–water partition coefficient (Wildman–Crippen LogP) is 9.92. The number of imidazole rings is 2. The summed E-state index contributed by atoms with van der Waals surface area (Å²) in [4.78, 5) is 65.9. The van der Waals surface area contributed by atoms with E-state index in [2.05, 4.69) is 19.8 Å². The van der Waals surface area contributed by atoms with Crippen molar-refractivity contribution in [1.29, 1.82) is 0 Å². The number of rotatable bonds is 6. The molecule has 18 nitrogen and oxygen atoms in total. The number of hydrogen-bond donors (Lipinski definition) is 1. The average molecular weight is 1160 g/mol. The number of ketones is 1. The van der Waals surface area contributed by atoms with Gasteiger partial charge in [0.05, 0.1) is 53.2 Å². The summed E-state index contributed by atoms with van der Waals surface area (Å²) in [6, 6.07) is 19.0. The monoisotopic (exact) mass is 1160 g/mol. The molecule has 6 aromatic rings. The van der Waals surface area contributed by atoms with Crippen LogP contribution in [0.1, 0.15) is 132 Å². The van der Waals surface area contributed by atoms with E-state index in [9.17, 15) is 19.5 Å². The zero-order valence-electron chi connectivity index (χ0n) is 46.0. The number of benzene rings is 2. The first-order valence-corrected chi connectivity index (χ1v) is 27.6. The number of aliphatic hydroxyl groups excluding tert-OH is 1. The van der Waals surface area contributed by atoms with Crippen molar-refractivity contribution in [2.24, 2.45) is 14.1 Å². The van der Waals surface area contributed by atoms with E-state index in [0.717, 1.165) is 61.7 Å². The standard InChI is InChI=1S/C29H34ClN5O3.C29H32ClN5O3.Mn.2O/c2*1-18-25(33(5)17-32-18)27(36)23-15-19-7-6-10-31-24(19)26(21-9-8-20(30)16-22(21)23)34-11-13-35(14-12-34)28(37)38-29(2,3)4;;;/h6-10,15-17,26-27,36H,11-14H2,1-5H3;6-10,15-17,26H,11-14H2,1-5H3;;;/t26-,27?;26-;;;/m00.../s1. The Labute approximate surface area is 476 Å². The molecule has 0 bridgehead atoms. The number of piperazine rings is 2. The number of hydrogen-bond acceptors (Lipinski definition) is 14. The first-order chi connectivity index (χ1) is 37.5. The van der Waals surface area contributed by atoms with Gasteiger partial charge in [0.25, 0.3) is 0 Å². The third kappa shape index (κ3) is 13.2. The van der Waals surface area contributed by atoms with Gasteiger partial charge in [-0.15, -0.1) is 0 Å². The number of Topliss-reactive ketones (excluding diaryl/α,β-unsaturated/α-hetero) is 1. The number of amides is 2. The van der Waals surface area contributed by atoms with Crippen LogP contribution in [0.4, 0.5) is 9.59 Å². The van der Waals surface area contributed by atoms with E-state index in [1.54, 1.807) is 39.4 Å². The summed E-state index contributed by atoms with van der Waals surface area (Å²) < 4.78 is 31.6. The fraction of sp³-hybridized carbons (Fsp3) is 0.397. The number of aryl methyl sites for hydroxylation is 4. The van der Waals surface area contributed by atoms with Gasteiger partial charge in [-0.3, -0.25) is 24.6 Å². The van der Waals surface area contributed by atoms with Crippen LogP contribution in [0.25, 0.3) is 23.3 Å². The fourth-order valence-electron chi connectivity index (χ4n) is 10.6. The van der Waals surface area contributed by atoms with Crippen molar-refractivity contribution in [2.45, 2.75) is 84.8 Å². The molecule has 10 rings (SSSR count). The second kappa shape index (κ2) is 24.4. The Morgan fingerprint density at radius 3 is 1.52 bits per heavy atom.